The van der Waals surface area contributed by atoms with Gasteiger partial charge in [-0.1, -0.05) is 29.8 Å². The maximum atomic E-state index is 12.1. The second kappa shape index (κ2) is 8.42. The molecule has 1 heterocycles. The molecule has 144 valence electrons. The molecule has 7 nitrogen and oxygen atoms in total. The van der Waals surface area contributed by atoms with Crippen LogP contribution in [0.25, 0.3) is 0 Å². The van der Waals surface area contributed by atoms with Crippen LogP contribution in [0.1, 0.15) is 10.4 Å². The van der Waals surface area contributed by atoms with Gasteiger partial charge in [0.1, 0.15) is 4.21 Å². The summed E-state index contributed by atoms with van der Waals surface area (Å²) in [5.41, 5.74) is 1.40. The second-order valence-electron chi connectivity index (χ2n) is 5.52. The number of carbonyl (C=O) groups excluding carboxylic acids is 2. The summed E-state index contributed by atoms with van der Waals surface area (Å²) in [6, 6.07) is 16.8. The first-order valence-corrected chi connectivity index (χ1v) is 10.6. The zero-order valence-corrected chi connectivity index (χ0v) is 16.6. The van der Waals surface area contributed by atoms with Gasteiger partial charge in [0.2, 0.25) is 0 Å². The van der Waals surface area contributed by atoms with Crippen molar-refractivity contribution < 1.29 is 18.0 Å². The summed E-state index contributed by atoms with van der Waals surface area (Å²) < 4.78 is 26.3. The standard InChI is InChI=1S/C18H14ClN3O4S2/c19-15-10-11-16(27-15)28(25,26)22-18(24)21-14-8-6-13(7-9-14)20-17(23)12-4-2-1-3-5-12/h1-11H,(H,20,23)(H2,21,22,24). The molecule has 0 atom stereocenters. The number of hydrogen-bond acceptors (Lipinski definition) is 5. The highest BCUT2D eigenvalue weighted by Crippen LogP contribution is 2.25. The number of anilines is 2. The molecule has 0 saturated carbocycles. The number of amides is 3. The minimum Gasteiger partial charge on any atom is -0.322 e. The maximum Gasteiger partial charge on any atom is 0.333 e. The molecule has 3 rings (SSSR count). The van der Waals surface area contributed by atoms with Crippen molar-refractivity contribution in [2.24, 2.45) is 0 Å². The summed E-state index contributed by atoms with van der Waals surface area (Å²) in [4.78, 5) is 24.1. The first-order chi connectivity index (χ1) is 13.3. The van der Waals surface area contributed by atoms with Gasteiger partial charge in [-0.2, -0.15) is 0 Å². The molecule has 3 amide bonds. The van der Waals surface area contributed by atoms with E-state index in [1.807, 2.05) is 10.8 Å². The van der Waals surface area contributed by atoms with Gasteiger partial charge in [-0.15, -0.1) is 11.3 Å². The highest BCUT2D eigenvalue weighted by atomic mass is 35.5. The lowest BCUT2D eigenvalue weighted by atomic mass is 10.2. The van der Waals surface area contributed by atoms with E-state index in [2.05, 4.69) is 10.6 Å². The van der Waals surface area contributed by atoms with Crippen LogP contribution < -0.4 is 15.4 Å². The van der Waals surface area contributed by atoms with Gasteiger partial charge in [0.15, 0.2) is 0 Å². The number of sulfonamides is 1. The topological polar surface area (TPSA) is 104 Å². The third-order valence-corrected chi connectivity index (χ3v) is 6.53. The largest absolute Gasteiger partial charge is 0.333 e. The van der Waals surface area contributed by atoms with Crippen LogP contribution >= 0.6 is 22.9 Å². The van der Waals surface area contributed by atoms with Gasteiger partial charge in [-0.05, 0) is 48.5 Å². The fraction of sp³-hybridized carbons (Fsp3) is 0. The van der Waals surface area contributed by atoms with Crippen molar-refractivity contribution in [1.29, 1.82) is 0 Å². The number of benzene rings is 2. The Kier molecular flexibility index (Phi) is 5.98. The van der Waals surface area contributed by atoms with Gasteiger partial charge >= 0.3 is 6.03 Å². The Balaban J connectivity index is 1.59. The fourth-order valence-electron chi connectivity index (χ4n) is 2.20. The average molecular weight is 436 g/mol. The number of thiophene rings is 1. The van der Waals surface area contributed by atoms with Crippen LogP contribution in [0.3, 0.4) is 0 Å². The van der Waals surface area contributed by atoms with Crippen molar-refractivity contribution >= 4 is 56.3 Å². The third kappa shape index (κ3) is 5.10. The van der Waals surface area contributed by atoms with Crippen molar-refractivity contribution in [2.45, 2.75) is 4.21 Å². The maximum absolute atomic E-state index is 12.1. The van der Waals surface area contributed by atoms with E-state index in [1.165, 1.54) is 24.3 Å². The van der Waals surface area contributed by atoms with Crippen molar-refractivity contribution in [3.8, 4) is 0 Å². The van der Waals surface area contributed by atoms with Crippen LogP contribution in [0.15, 0.2) is 70.9 Å². The van der Waals surface area contributed by atoms with Gasteiger partial charge < -0.3 is 10.6 Å². The molecule has 1 aromatic heterocycles. The van der Waals surface area contributed by atoms with Crippen molar-refractivity contribution in [3.63, 3.8) is 0 Å². The van der Waals surface area contributed by atoms with E-state index in [4.69, 9.17) is 11.6 Å². The lowest BCUT2D eigenvalue weighted by molar-refractivity contribution is 0.102. The number of hydrogen-bond donors (Lipinski definition) is 3. The van der Waals surface area contributed by atoms with Crippen LogP contribution in [-0.4, -0.2) is 20.4 Å². The van der Waals surface area contributed by atoms with Crippen LogP contribution in [0, 0.1) is 0 Å². The quantitative estimate of drug-likeness (QED) is 0.559. The zero-order chi connectivity index (χ0) is 20.1. The average Bonchev–Trinajstić information content (AvgIpc) is 3.11. The van der Waals surface area contributed by atoms with Crippen molar-refractivity contribution in [2.75, 3.05) is 10.6 Å². The van der Waals surface area contributed by atoms with E-state index in [0.717, 1.165) is 11.3 Å². The second-order valence-corrected chi connectivity index (χ2v) is 9.14. The molecule has 0 aliphatic heterocycles. The predicted molar refractivity (Wildman–Crippen MR) is 110 cm³/mol. The molecule has 3 aromatic rings. The van der Waals surface area contributed by atoms with E-state index < -0.39 is 16.1 Å². The molecule has 0 saturated heterocycles. The Morgan fingerprint density at radius 1 is 0.821 bits per heavy atom. The summed E-state index contributed by atoms with van der Waals surface area (Å²) in [5.74, 6) is -0.264. The molecule has 0 aliphatic carbocycles. The number of urea groups is 1. The summed E-state index contributed by atoms with van der Waals surface area (Å²) >= 11 is 6.56. The first kappa shape index (κ1) is 19.9. The summed E-state index contributed by atoms with van der Waals surface area (Å²) in [6.07, 6.45) is 0. The fourth-order valence-corrected chi connectivity index (χ4v) is 4.59. The molecule has 10 heteroatoms. The minimum absolute atomic E-state index is 0.0633. The van der Waals surface area contributed by atoms with Gasteiger partial charge in [-0.3, -0.25) is 4.79 Å². The number of rotatable bonds is 5. The number of nitrogens with one attached hydrogen (secondary N) is 3. The molecular weight excluding hydrogens is 422 g/mol. The van der Waals surface area contributed by atoms with E-state index >= 15 is 0 Å². The molecule has 28 heavy (non-hydrogen) atoms. The van der Waals surface area contributed by atoms with E-state index in [1.54, 1.807) is 36.4 Å². The van der Waals surface area contributed by atoms with Crippen LogP contribution in [0.4, 0.5) is 16.2 Å². The highest BCUT2D eigenvalue weighted by molar-refractivity contribution is 7.92. The molecule has 0 fully saturated rings. The number of halogens is 1. The van der Waals surface area contributed by atoms with E-state index in [0.29, 0.717) is 21.3 Å². The monoisotopic (exact) mass is 435 g/mol. The smallest absolute Gasteiger partial charge is 0.322 e. The molecular formula is C18H14ClN3O4S2. The molecule has 0 unspecified atom stereocenters. The summed E-state index contributed by atoms with van der Waals surface area (Å²) in [6.45, 7) is 0. The molecule has 0 bridgehead atoms. The molecule has 0 spiro atoms. The van der Waals surface area contributed by atoms with E-state index in [9.17, 15) is 18.0 Å². The molecule has 3 N–H and O–H groups in total. The van der Waals surface area contributed by atoms with E-state index in [-0.39, 0.29) is 10.1 Å². The zero-order valence-electron chi connectivity index (χ0n) is 14.2. The van der Waals surface area contributed by atoms with Crippen molar-refractivity contribution in [1.82, 2.24) is 4.72 Å². The van der Waals surface area contributed by atoms with Gasteiger partial charge in [0, 0.05) is 16.9 Å². The Bertz CT molecular complexity index is 1100. The van der Waals surface area contributed by atoms with Crippen LogP contribution in [0.5, 0.6) is 0 Å². The normalized spacial score (nSPS) is 10.9. The Hall–Kier alpha value is -2.88. The molecule has 0 radical (unpaired) electrons. The Morgan fingerprint density at radius 3 is 2.00 bits per heavy atom. The number of carbonyl (C=O) groups is 2. The predicted octanol–water partition coefficient (Wildman–Crippen LogP) is 4.16. The van der Waals surface area contributed by atoms with Gasteiger partial charge in [0.25, 0.3) is 15.9 Å². The van der Waals surface area contributed by atoms with Crippen LogP contribution in [-0.2, 0) is 10.0 Å². The minimum atomic E-state index is -4.00. The SMILES string of the molecule is O=C(Nc1ccc(NC(=O)c2ccccc2)cc1)NS(=O)(=O)c1ccc(Cl)s1. The van der Waals surface area contributed by atoms with Crippen LogP contribution in [0.2, 0.25) is 4.34 Å². The van der Waals surface area contributed by atoms with Gasteiger partial charge in [-0.25, -0.2) is 17.9 Å². The molecule has 2 aromatic carbocycles. The highest BCUT2D eigenvalue weighted by Gasteiger charge is 2.19. The first-order valence-electron chi connectivity index (χ1n) is 7.89. The van der Waals surface area contributed by atoms with Gasteiger partial charge in [0.05, 0.1) is 4.34 Å². The summed E-state index contributed by atoms with van der Waals surface area (Å²) in [5, 5.41) is 5.14. The third-order valence-electron chi connectivity index (χ3n) is 3.48. The van der Waals surface area contributed by atoms with Crippen molar-refractivity contribution in [3.05, 3.63) is 76.6 Å². The summed E-state index contributed by atoms with van der Waals surface area (Å²) in [7, 11) is -4.00. The lowest BCUT2D eigenvalue weighted by Gasteiger charge is -2.09. The Labute approximate surface area is 170 Å². The lowest BCUT2D eigenvalue weighted by Crippen LogP contribution is -2.33. The Morgan fingerprint density at radius 2 is 1.43 bits per heavy atom. The molecule has 0 aliphatic rings.